The maximum absolute atomic E-state index is 11.6. The molecule has 1 atom stereocenters. The van der Waals surface area contributed by atoms with E-state index >= 15 is 0 Å². The predicted molar refractivity (Wildman–Crippen MR) is 78.3 cm³/mol. The van der Waals surface area contributed by atoms with E-state index in [0.717, 1.165) is 31.6 Å². The van der Waals surface area contributed by atoms with Gasteiger partial charge < -0.3 is 4.90 Å². The standard InChI is InChI=1S/C15H20N2O3/c1-11-4-3-8-16(9-7-11)13-5-6-15(17(19)20)14(10-13)12(2)18/h5-6,10-11H,3-4,7-9H2,1-2H3. The number of nitro benzene ring substituents is 1. The molecular formula is C15H20N2O3. The summed E-state index contributed by atoms with van der Waals surface area (Å²) in [5.41, 5.74) is 1.00. The lowest BCUT2D eigenvalue weighted by Gasteiger charge is -2.23. The number of anilines is 1. The molecule has 5 heteroatoms. The summed E-state index contributed by atoms with van der Waals surface area (Å²) in [6.45, 7) is 5.51. The Kier molecular flexibility index (Phi) is 4.37. The van der Waals surface area contributed by atoms with Crippen molar-refractivity contribution in [3.8, 4) is 0 Å². The van der Waals surface area contributed by atoms with E-state index in [1.807, 2.05) is 0 Å². The Labute approximate surface area is 118 Å². The maximum Gasteiger partial charge on any atom is 0.280 e. The topological polar surface area (TPSA) is 63.5 Å². The van der Waals surface area contributed by atoms with Gasteiger partial charge in [0.05, 0.1) is 10.5 Å². The van der Waals surface area contributed by atoms with Gasteiger partial charge in [-0.3, -0.25) is 14.9 Å². The quantitative estimate of drug-likeness (QED) is 0.482. The van der Waals surface area contributed by atoms with Crippen molar-refractivity contribution in [1.82, 2.24) is 0 Å². The van der Waals surface area contributed by atoms with Gasteiger partial charge >= 0.3 is 0 Å². The molecule has 0 radical (unpaired) electrons. The van der Waals surface area contributed by atoms with Gasteiger partial charge in [-0.25, -0.2) is 0 Å². The number of hydrogen-bond acceptors (Lipinski definition) is 4. The fraction of sp³-hybridized carbons (Fsp3) is 0.533. The summed E-state index contributed by atoms with van der Waals surface area (Å²) in [5, 5.41) is 11.0. The number of carbonyl (C=O) groups is 1. The van der Waals surface area contributed by atoms with Crippen LogP contribution in [-0.2, 0) is 0 Å². The van der Waals surface area contributed by atoms with Crippen molar-refractivity contribution in [2.24, 2.45) is 5.92 Å². The highest BCUT2D eigenvalue weighted by Gasteiger charge is 2.20. The Morgan fingerprint density at radius 2 is 2.10 bits per heavy atom. The lowest BCUT2D eigenvalue weighted by molar-refractivity contribution is -0.385. The van der Waals surface area contributed by atoms with Crippen LogP contribution >= 0.6 is 0 Å². The van der Waals surface area contributed by atoms with E-state index in [0.29, 0.717) is 5.92 Å². The van der Waals surface area contributed by atoms with E-state index in [2.05, 4.69) is 11.8 Å². The maximum atomic E-state index is 11.6. The molecule has 1 aromatic rings. The van der Waals surface area contributed by atoms with Crippen molar-refractivity contribution < 1.29 is 9.72 Å². The molecule has 2 rings (SSSR count). The zero-order valence-electron chi connectivity index (χ0n) is 12.0. The first-order valence-electron chi connectivity index (χ1n) is 7.03. The van der Waals surface area contributed by atoms with Gasteiger partial charge in [0.2, 0.25) is 0 Å². The number of benzene rings is 1. The molecule has 1 unspecified atom stereocenters. The van der Waals surface area contributed by atoms with E-state index in [1.54, 1.807) is 12.1 Å². The summed E-state index contributed by atoms with van der Waals surface area (Å²) >= 11 is 0. The van der Waals surface area contributed by atoms with Crippen LogP contribution < -0.4 is 4.90 Å². The Bertz CT molecular complexity index is 528. The number of hydrogen-bond donors (Lipinski definition) is 0. The van der Waals surface area contributed by atoms with Gasteiger partial charge in [-0.05, 0) is 44.2 Å². The lowest BCUT2D eigenvalue weighted by Crippen LogP contribution is -2.24. The first-order chi connectivity index (χ1) is 9.49. The van der Waals surface area contributed by atoms with Gasteiger partial charge in [-0.15, -0.1) is 0 Å². The molecule has 5 nitrogen and oxygen atoms in total. The third-order valence-electron chi connectivity index (χ3n) is 3.94. The highest BCUT2D eigenvalue weighted by Crippen LogP contribution is 2.28. The number of rotatable bonds is 3. The Balaban J connectivity index is 2.31. The molecule has 0 aromatic heterocycles. The second kappa shape index (κ2) is 6.03. The van der Waals surface area contributed by atoms with E-state index in [4.69, 9.17) is 0 Å². The molecule has 1 aromatic carbocycles. The molecule has 1 heterocycles. The summed E-state index contributed by atoms with van der Waals surface area (Å²) < 4.78 is 0. The van der Waals surface area contributed by atoms with Crippen LogP contribution in [0.2, 0.25) is 0 Å². The van der Waals surface area contributed by atoms with Gasteiger partial charge in [0, 0.05) is 24.8 Å². The Morgan fingerprint density at radius 1 is 1.35 bits per heavy atom. The zero-order valence-corrected chi connectivity index (χ0v) is 12.0. The molecule has 0 N–H and O–H groups in total. The second-order valence-electron chi connectivity index (χ2n) is 5.54. The minimum atomic E-state index is -0.495. The molecule has 1 aliphatic rings. The van der Waals surface area contributed by atoms with E-state index < -0.39 is 4.92 Å². The second-order valence-corrected chi connectivity index (χ2v) is 5.54. The molecule has 1 aliphatic heterocycles. The van der Waals surface area contributed by atoms with Gasteiger partial charge in [-0.2, -0.15) is 0 Å². The zero-order chi connectivity index (χ0) is 14.7. The number of Topliss-reactive ketones (excluding diaryl/α,β-unsaturated/α-hetero) is 1. The first-order valence-corrected chi connectivity index (χ1v) is 7.03. The Morgan fingerprint density at radius 3 is 2.75 bits per heavy atom. The number of carbonyl (C=O) groups excluding carboxylic acids is 1. The lowest BCUT2D eigenvalue weighted by atomic mass is 10.0. The number of ketones is 1. The van der Waals surface area contributed by atoms with Gasteiger partial charge in [0.15, 0.2) is 5.78 Å². The average molecular weight is 276 g/mol. The fourth-order valence-corrected chi connectivity index (χ4v) is 2.68. The monoisotopic (exact) mass is 276 g/mol. The summed E-state index contributed by atoms with van der Waals surface area (Å²) in [7, 11) is 0. The first kappa shape index (κ1) is 14.5. The van der Waals surface area contributed by atoms with Crippen molar-refractivity contribution >= 4 is 17.2 Å². The van der Waals surface area contributed by atoms with Crippen molar-refractivity contribution in [2.45, 2.75) is 33.1 Å². The molecular weight excluding hydrogens is 256 g/mol. The summed E-state index contributed by atoms with van der Waals surface area (Å²) in [6, 6.07) is 4.86. The van der Waals surface area contributed by atoms with Crippen LogP contribution in [-0.4, -0.2) is 23.8 Å². The van der Waals surface area contributed by atoms with Crippen LogP contribution in [0.4, 0.5) is 11.4 Å². The van der Waals surface area contributed by atoms with Crippen LogP contribution in [0, 0.1) is 16.0 Å². The third kappa shape index (κ3) is 3.15. The summed E-state index contributed by atoms with van der Waals surface area (Å²) in [6.07, 6.45) is 3.45. The van der Waals surface area contributed by atoms with Crippen LogP contribution in [0.5, 0.6) is 0 Å². The molecule has 0 spiro atoms. The minimum Gasteiger partial charge on any atom is -0.372 e. The molecule has 20 heavy (non-hydrogen) atoms. The van der Waals surface area contributed by atoms with Gasteiger partial charge in [0.1, 0.15) is 0 Å². The molecule has 1 fully saturated rings. The van der Waals surface area contributed by atoms with E-state index in [-0.39, 0.29) is 17.0 Å². The minimum absolute atomic E-state index is 0.107. The number of nitro groups is 1. The molecule has 108 valence electrons. The average Bonchev–Trinajstić information content (AvgIpc) is 2.62. The molecule has 0 saturated carbocycles. The Hall–Kier alpha value is -1.91. The van der Waals surface area contributed by atoms with Crippen molar-refractivity contribution in [3.63, 3.8) is 0 Å². The smallest absolute Gasteiger partial charge is 0.280 e. The van der Waals surface area contributed by atoms with Crippen molar-refractivity contribution in [1.29, 1.82) is 0 Å². The van der Waals surface area contributed by atoms with Gasteiger partial charge in [-0.1, -0.05) is 6.92 Å². The van der Waals surface area contributed by atoms with Crippen LogP contribution in [0.25, 0.3) is 0 Å². The fourth-order valence-electron chi connectivity index (χ4n) is 2.68. The summed E-state index contributed by atoms with van der Waals surface area (Å²) in [5.74, 6) is 0.451. The third-order valence-corrected chi connectivity index (χ3v) is 3.94. The number of nitrogens with zero attached hydrogens (tertiary/aromatic N) is 2. The highest BCUT2D eigenvalue weighted by atomic mass is 16.6. The van der Waals surface area contributed by atoms with Crippen LogP contribution in [0.15, 0.2) is 18.2 Å². The van der Waals surface area contributed by atoms with Crippen molar-refractivity contribution in [2.75, 3.05) is 18.0 Å². The van der Waals surface area contributed by atoms with Crippen LogP contribution in [0.3, 0.4) is 0 Å². The van der Waals surface area contributed by atoms with Gasteiger partial charge in [0.25, 0.3) is 5.69 Å². The largest absolute Gasteiger partial charge is 0.372 e. The van der Waals surface area contributed by atoms with Crippen LogP contribution in [0.1, 0.15) is 43.5 Å². The van der Waals surface area contributed by atoms with E-state index in [9.17, 15) is 14.9 Å². The SMILES string of the molecule is CC(=O)c1cc(N2CCCC(C)CC2)ccc1[N+](=O)[O-]. The molecule has 1 saturated heterocycles. The highest BCUT2D eigenvalue weighted by molar-refractivity contribution is 5.99. The predicted octanol–water partition coefficient (Wildman–Crippen LogP) is 3.42. The van der Waals surface area contributed by atoms with Crippen molar-refractivity contribution in [3.05, 3.63) is 33.9 Å². The normalized spacial score (nSPS) is 19.5. The summed E-state index contributed by atoms with van der Waals surface area (Å²) in [4.78, 5) is 24.3. The molecule has 0 aliphatic carbocycles. The molecule has 0 bridgehead atoms. The molecule has 0 amide bonds. The van der Waals surface area contributed by atoms with E-state index in [1.165, 1.54) is 19.4 Å².